The van der Waals surface area contributed by atoms with Crippen LogP contribution >= 0.6 is 0 Å². The smallest absolute Gasteiger partial charge is 0.416 e. The van der Waals surface area contributed by atoms with Gasteiger partial charge in [-0.25, -0.2) is 27.2 Å². The van der Waals surface area contributed by atoms with Crippen molar-refractivity contribution in [2.24, 2.45) is 0 Å². The number of nitrogens with one attached hydrogen (secondary N) is 2. The first kappa shape index (κ1) is 32.3. The molecule has 1 aromatic heterocycles. The zero-order valence-electron chi connectivity index (χ0n) is 22.9. The summed E-state index contributed by atoms with van der Waals surface area (Å²) in [6, 6.07) is 7.97. The molecule has 2 saturated carbocycles. The van der Waals surface area contributed by atoms with E-state index < -0.39 is 43.9 Å². The molecule has 3 atom stereocenters. The Labute approximate surface area is 245 Å². The standard InChI is InChI=1S/C28H29F5N4O2S.CH2O2/c29-22-14-27(40(38,39)15-21-9-10-34-16-35-21)23(30)13-25(22)37-24-8-7-18(12-26(24)36-20-5-2-6-20)17-3-1-4-19(11-17)28(31,32)33;2-1-3/h1,3-4,9-11,13-14,16,18,20,24,26,36-37H,2,5-8,12,15H2;1H,(H,2,3)/t18-,24-,26-;/m0./s1. The molecule has 2 aliphatic carbocycles. The van der Waals surface area contributed by atoms with Gasteiger partial charge in [-0.2, -0.15) is 13.2 Å². The van der Waals surface area contributed by atoms with E-state index in [1.165, 1.54) is 30.7 Å². The maximum Gasteiger partial charge on any atom is 0.416 e. The number of nitrogens with zero attached hydrogens (tertiary/aromatic N) is 2. The van der Waals surface area contributed by atoms with Gasteiger partial charge in [0.2, 0.25) is 0 Å². The molecule has 0 radical (unpaired) electrons. The van der Waals surface area contributed by atoms with Gasteiger partial charge in [0.1, 0.15) is 22.9 Å². The molecule has 0 unspecified atom stereocenters. The minimum atomic E-state index is -4.44. The largest absolute Gasteiger partial charge is 0.483 e. The number of alkyl halides is 3. The van der Waals surface area contributed by atoms with Crippen LogP contribution in [0.4, 0.5) is 27.6 Å². The number of rotatable bonds is 8. The molecule has 0 amide bonds. The van der Waals surface area contributed by atoms with E-state index in [9.17, 15) is 21.6 Å². The predicted octanol–water partition coefficient (Wildman–Crippen LogP) is 5.71. The molecule has 232 valence electrons. The zero-order chi connectivity index (χ0) is 31.2. The van der Waals surface area contributed by atoms with Crippen molar-refractivity contribution in [3.63, 3.8) is 0 Å². The summed E-state index contributed by atoms with van der Waals surface area (Å²) in [6.07, 6.45) is 2.68. The molecule has 0 saturated heterocycles. The summed E-state index contributed by atoms with van der Waals surface area (Å²) in [4.78, 5) is 15.2. The lowest BCUT2D eigenvalue weighted by Crippen LogP contribution is -2.53. The Hall–Kier alpha value is -3.65. The van der Waals surface area contributed by atoms with Gasteiger partial charge in [0, 0.05) is 30.4 Å². The van der Waals surface area contributed by atoms with Crippen molar-refractivity contribution in [2.75, 3.05) is 5.32 Å². The number of carboxylic acid groups (broad SMARTS) is 1. The van der Waals surface area contributed by atoms with Gasteiger partial charge in [0.15, 0.2) is 9.84 Å². The Balaban J connectivity index is 0.00000135. The lowest BCUT2D eigenvalue weighted by atomic mass is 9.77. The van der Waals surface area contributed by atoms with E-state index in [4.69, 9.17) is 9.90 Å². The SMILES string of the molecule is O=CO.O=S(=O)(Cc1ccncn1)c1cc(F)c(N[C@H]2CC[C@H](c3cccc(C(F)(F)F)c3)C[C@@H]2NC2CCC2)cc1F. The molecule has 1 heterocycles. The molecule has 2 aromatic carbocycles. The van der Waals surface area contributed by atoms with Crippen molar-refractivity contribution < 1.29 is 40.3 Å². The molecule has 0 bridgehead atoms. The highest BCUT2D eigenvalue weighted by Crippen LogP contribution is 2.38. The maximum atomic E-state index is 15.2. The first-order valence-corrected chi connectivity index (χ1v) is 15.3. The van der Waals surface area contributed by atoms with Crippen LogP contribution in [0.15, 0.2) is 59.9 Å². The van der Waals surface area contributed by atoms with Crippen molar-refractivity contribution in [3.8, 4) is 0 Å². The number of anilines is 1. The van der Waals surface area contributed by atoms with Gasteiger partial charge in [-0.15, -0.1) is 0 Å². The number of benzene rings is 2. The van der Waals surface area contributed by atoms with Gasteiger partial charge in [0.25, 0.3) is 6.47 Å². The topological polar surface area (TPSA) is 121 Å². The summed E-state index contributed by atoms with van der Waals surface area (Å²) in [5.74, 6) is -2.73. The van der Waals surface area contributed by atoms with Crippen molar-refractivity contribution >= 4 is 22.0 Å². The van der Waals surface area contributed by atoms with Gasteiger partial charge in [-0.3, -0.25) is 4.79 Å². The second-order valence-electron chi connectivity index (χ2n) is 10.6. The second kappa shape index (κ2) is 13.8. The summed E-state index contributed by atoms with van der Waals surface area (Å²) in [7, 11) is -4.22. The Morgan fingerprint density at radius 3 is 2.37 bits per heavy atom. The third-order valence-corrected chi connectivity index (χ3v) is 9.43. The fraction of sp³-hybridized carbons (Fsp3) is 0.414. The molecule has 3 N–H and O–H groups in total. The zero-order valence-corrected chi connectivity index (χ0v) is 23.7. The highest BCUT2D eigenvalue weighted by molar-refractivity contribution is 7.90. The highest BCUT2D eigenvalue weighted by atomic mass is 32.2. The second-order valence-corrected chi connectivity index (χ2v) is 12.6. The van der Waals surface area contributed by atoms with Gasteiger partial charge in [0.05, 0.1) is 22.7 Å². The summed E-state index contributed by atoms with van der Waals surface area (Å²) < 4.78 is 95.6. The van der Waals surface area contributed by atoms with E-state index in [0.29, 0.717) is 30.9 Å². The van der Waals surface area contributed by atoms with Gasteiger partial charge >= 0.3 is 6.18 Å². The fourth-order valence-corrected chi connectivity index (χ4v) is 6.78. The van der Waals surface area contributed by atoms with E-state index in [0.717, 1.165) is 31.4 Å². The third kappa shape index (κ3) is 8.25. The van der Waals surface area contributed by atoms with E-state index in [2.05, 4.69) is 20.6 Å². The number of hydrogen-bond acceptors (Lipinski definition) is 7. The normalized spacial score (nSPS) is 20.8. The minimum absolute atomic E-state index is 0.131. The van der Waals surface area contributed by atoms with Crippen molar-refractivity contribution in [1.29, 1.82) is 0 Å². The van der Waals surface area contributed by atoms with Crippen LogP contribution in [0, 0.1) is 11.6 Å². The molecule has 2 aliphatic rings. The Kier molecular flexibility index (Phi) is 10.3. The molecule has 5 rings (SSSR count). The van der Waals surface area contributed by atoms with Gasteiger partial charge in [-0.1, -0.05) is 24.6 Å². The van der Waals surface area contributed by atoms with E-state index in [1.807, 2.05) is 0 Å². The van der Waals surface area contributed by atoms with Crippen LogP contribution < -0.4 is 10.6 Å². The molecular weight excluding hydrogens is 595 g/mol. The molecule has 0 aliphatic heterocycles. The molecule has 2 fully saturated rings. The van der Waals surface area contributed by atoms with Crippen LogP contribution in [0.25, 0.3) is 0 Å². The first-order chi connectivity index (χ1) is 20.4. The van der Waals surface area contributed by atoms with E-state index in [1.54, 1.807) is 6.07 Å². The van der Waals surface area contributed by atoms with Crippen LogP contribution in [0.3, 0.4) is 0 Å². The van der Waals surface area contributed by atoms with Crippen molar-refractivity contribution in [3.05, 3.63) is 83.4 Å². The summed E-state index contributed by atoms with van der Waals surface area (Å²) in [5.41, 5.74) is -0.105. The molecule has 43 heavy (non-hydrogen) atoms. The Morgan fingerprint density at radius 1 is 1.00 bits per heavy atom. The molecule has 3 aromatic rings. The summed E-state index contributed by atoms with van der Waals surface area (Å²) in [5, 5.41) is 13.5. The van der Waals surface area contributed by atoms with Crippen molar-refractivity contribution in [2.45, 2.75) is 79.4 Å². The van der Waals surface area contributed by atoms with Crippen LogP contribution in [0.5, 0.6) is 0 Å². The first-order valence-electron chi connectivity index (χ1n) is 13.7. The molecular formula is C29H31F5N4O4S. The van der Waals surface area contributed by atoms with Gasteiger partial charge in [-0.05, 0) is 61.8 Å². The van der Waals surface area contributed by atoms with Crippen LogP contribution in [0.1, 0.15) is 61.3 Å². The maximum absolute atomic E-state index is 15.2. The predicted molar refractivity (Wildman–Crippen MR) is 148 cm³/mol. The van der Waals surface area contributed by atoms with Crippen LogP contribution in [0.2, 0.25) is 0 Å². The number of sulfone groups is 1. The van der Waals surface area contributed by atoms with Crippen molar-refractivity contribution in [1.82, 2.24) is 15.3 Å². The monoisotopic (exact) mass is 626 g/mol. The van der Waals surface area contributed by atoms with Crippen LogP contribution in [-0.4, -0.2) is 48.1 Å². The molecule has 0 spiro atoms. The Morgan fingerprint density at radius 2 is 1.74 bits per heavy atom. The Bertz CT molecular complexity index is 1500. The lowest BCUT2D eigenvalue weighted by molar-refractivity contribution is -0.137. The lowest BCUT2D eigenvalue weighted by Gasteiger charge is -2.41. The quantitative estimate of drug-likeness (QED) is 0.215. The average molecular weight is 627 g/mol. The number of aromatic nitrogens is 2. The molecule has 8 nitrogen and oxygen atoms in total. The minimum Gasteiger partial charge on any atom is -0.483 e. The van der Waals surface area contributed by atoms with E-state index in [-0.39, 0.29) is 41.9 Å². The van der Waals surface area contributed by atoms with E-state index >= 15 is 8.78 Å². The van der Waals surface area contributed by atoms with Gasteiger partial charge < -0.3 is 15.7 Å². The number of carbonyl (C=O) groups is 1. The highest BCUT2D eigenvalue weighted by Gasteiger charge is 2.36. The average Bonchev–Trinajstić information content (AvgIpc) is 2.93. The fourth-order valence-electron chi connectivity index (χ4n) is 5.43. The summed E-state index contributed by atoms with van der Waals surface area (Å²) >= 11 is 0. The van der Waals surface area contributed by atoms with Crippen LogP contribution in [-0.2, 0) is 26.6 Å². The molecule has 14 heteroatoms. The third-order valence-electron chi connectivity index (χ3n) is 7.77. The number of halogens is 5. The number of hydrogen-bond donors (Lipinski definition) is 3. The summed E-state index contributed by atoms with van der Waals surface area (Å²) in [6.45, 7) is -0.250.